The molecule has 0 unspecified atom stereocenters. The minimum absolute atomic E-state index is 0.127. The topological polar surface area (TPSA) is 68.2 Å². The number of ether oxygens (including phenoxy) is 3. The zero-order valence-electron chi connectivity index (χ0n) is 24.3. The van der Waals surface area contributed by atoms with Crippen LogP contribution in [0.25, 0.3) is 11.1 Å². The molecule has 0 spiro atoms. The van der Waals surface area contributed by atoms with Crippen molar-refractivity contribution in [3.8, 4) is 22.6 Å². The Hall–Kier alpha value is -3.35. The van der Waals surface area contributed by atoms with Crippen LogP contribution in [-0.4, -0.2) is 54.2 Å². The summed E-state index contributed by atoms with van der Waals surface area (Å²) in [5.41, 5.74) is 6.53. The van der Waals surface area contributed by atoms with Gasteiger partial charge in [-0.15, -0.1) is 11.6 Å². The van der Waals surface area contributed by atoms with Gasteiger partial charge in [-0.3, -0.25) is 0 Å². The molecule has 0 bridgehead atoms. The number of halogens is 1. The fourth-order valence-electron chi connectivity index (χ4n) is 6.58. The van der Waals surface area contributed by atoms with Crippen molar-refractivity contribution < 1.29 is 24.4 Å². The molecule has 0 saturated heterocycles. The van der Waals surface area contributed by atoms with Crippen molar-refractivity contribution in [2.75, 3.05) is 25.7 Å². The normalized spacial score (nSPS) is 17.1. The maximum absolute atomic E-state index is 10.5. The minimum Gasteiger partial charge on any atom is -0.491 e. The van der Waals surface area contributed by atoms with Gasteiger partial charge in [-0.2, -0.15) is 0 Å². The average molecular weight is 599 g/mol. The molecule has 4 aromatic carbocycles. The first-order valence-corrected chi connectivity index (χ1v) is 15.8. The highest BCUT2D eigenvalue weighted by Gasteiger charge is 2.45. The van der Waals surface area contributed by atoms with Crippen LogP contribution in [0.2, 0.25) is 0 Å². The van der Waals surface area contributed by atoms with Crippen molar-refractivity contribution >= 4 is 11.6 Å². The second-order valence-corrected chi connectivity index (χ2v) is 11.9. The third-order valence-corrected chi connectivity index (χ3v) is 9.02. The highest BCUT2D eigenvalue weighted by atomic mass is 35.5. The molecule has 5 nitrogen and oxygen atoms in total. The van der Waals surface area contributed by atoms with E-state index in [4.69, 9.17) is 25.8 Å². The number of benzene rings is 4. The summed E-state index contributed by atoms with van der Waals surface area (Å²) in [5.74, 6) is 1.51. The maximum atomic E-state index is 10.5. The smallest absolute Gasteiger partial charge is 0.119 e. The van der Waals surface area contributed by atoms with E-state index in [1.807, 2.05) is 24.3 Å². The first-order chi connectivity index (χ1) is 21.1. The van der Waals surface area contributed by atoms with Crippen LogP contribution in [0.5, 0.6) is 11.5 Å². The summed E-state index contributed by atoms with van der Waals surface area (Å²) < 4.78 is 17.7. The van der Waals surface area contributed by atoms with Crippen molar-refractivity contribution in [2.45, 2.75) is 55.8 Å². The van der Waals surface area contributed by atoms with Gasteiger partial charge in [0.2, 0.25) is 0 Å². The molecular weight excluding hydrogens is 560 g/mol. The molecule has 0 heterocycles. The first kappa shape index (κ1) is 29.7. The SMILES string of the molecule is O[C@H](CCl)COc1ccc(C2(c3ccc(OC[C@H](O)COC4CCCCC4)cc3)c3ccccc3-c3ccccc32)cc1. The van der Waals surface area contributed by atoms with E-state index in [0.29, 0.717) is 18.1 Å². The number of rotatable bonds is 12. The standard InChI is InChI=1S/C37H39ClO5/c38-22-28(39)23-41-31-18-14-26(15-19-31)37(35-12-6-4-10-33(35)34-11-5-7-13-36(34)37)27-16-20-32(21-17-27)43-25-29(40)24-42-30-8-2-1-3-9-30/h4-7,10-21,28-30,39-40H,1-3,8-9,22-25H2/t28-,29-/m1/s1. The van der Waals surface area contributed by atoms with Gasteiger partial charge in [0.1, 0.15) is 36.9 Å². The lowest BCUT2D eigenvalue weighted by molar-refractivity contribution is -0.0363. The summed E-state index contributed by atoms with van der Waals surface area (Å²) in [6.45, 7) is 0.620. The molecule has 0 aliphatic heterocycles. The van der Waals surface area contributed by atoms with Crippen molar-refractivity contribution in [1.82, 2.24) is 0 Å². The Morgan fingerprint density at radius 1 is 0.628 bits per heavy atom. The van der Waals surface area contributed by atoms with Crippen LogP contribution in [-0.2, 0) is 10.2 Å². The summed E-state index contributed by atoms with van der Waals surface area (Å²) >= 11 is 5.74. The molecule has 1 saturated carbocycles. The number of alkyl halides is 1. The van der Waals surface area contributed by atoms with Crippen LogP contribution in [0.1, 0.15) is 54.4 Å². The van der Waals surface area contributed by atoms with E-state index < -0.39 is 17.6 Å². The van der Waals surface area contributed by atoms with Crippen LogP contribution < -0.4 is 9.47 Å². The highest BCUT2D eigenvalue weighted by molar-refractivity contribution is 6.18. The molecule has 43 heavy (non-hydrogen) atoms. The van der Waals surface area contributed by atoms with Gasteiger partial charge in [-0.05, 0) is 70.5 Å². The summed E-state index contributed by atoms with van der Waals surface area (Å²) in [7, 11) is 0. The molecule has 6 rings (SSSR count). The Balaban J connectivity index is 1.28. The van der Waals surface area contributed by atoms with Gasteiger partial charge in [0, 0.05) is 0 Å². The number of hydrogen-bond donors (Lipinski definition) is 2. The number of hydrogen-bond acceptors (Lipinski definition) is 5. The molecule has 2 atom stereocenters. The molecule has 224 valence electrons. The lowest BCUT2D eigenvalue weighted by atomic mass is 9.68. The number of aliphatic hydroxyl groups excluding tert-OH is 2. The lowest BCUT2D eigenvalue weighted by Gasteiger charge is -2.34. The zero-order chi connectivity index (χ0) is 29.6. The van der Waals surface area contributed by atoms with E-state index >= 15 is 0 Å². The first-order valence-electron chi connectivity index (χ1n) is 15.3. The predicted octanol–water partition coefficient (Wildman–Crippen LogP) is 7.12. The largest absolute Gasteiger partial charge is 0.491 e. The molecule has 2 aliphatic carbocycles. The summed E-state index contributed by atoms with van der Waals surface area (Å²) in [6, 6.07) is 33.5. The molecule has 0 radical (unpaired) electrons. The van der Waals surface area contributed by atoms with E-state index in [1.165, 1.54) is 41.5 Å². The van der Waals surface area contributed by atoms with Crippen LogP contribution >= 0.6 is 11.6 Å². The van der Waals surface area contributed by atoms with Gasteiger partial charge >= 0.3 is 0 Å². The Morgan fingerprint density at radius 3 is 1.63 bits per heavy atom. The molecule has 2 aliphatic rings. The van der Waals surface area contributed by atoms with Crippen molar-refractivity contribution in [1.29, 1.82) is 0 Å². The van der Waals surface area contributed by atoms with E-state index in [-0.39, 0.29) is 25.2 Å². The Kier molecular flexibility index (Phi) is 9.34. The van der Waals surface area contributed by atoms with Gasteiger partial charge in [0.15, 0.2) is 0 Å². The van der Waals surface area contributed by atoms with Crippen LogP contribution in [0, 0.1) is 0 Å². The third-order valence-electron chi connectivity index (χ3n) is 8.67. The quantitative estimate of drug-likeness (QED) is 0.150. The van der Waals surface area contributed by atoms with Gasteiger partial charge < -0.3 is 24.4 Å². The molecule has 4 aromatic rings. The van der Waals surface area contributed by atoms with Crippen LogP contribution in [0.3, 0.4) is 0 Å². The monoisotopic (exact) mass is 598 g/mol. The summed E-state index contributed by atoms with van der Waals surface area (Å²) in [5, 5.41) is 20.3. The van der Waals surface area contributed by atoms with E-state index in [0.717, 1.165) is 24.0 Å². The van der Waals surface area contributed by atoms with Crippen LogP contribution in [0.15, 0.2) is 97.1 Å². The molecule has 0 amide bonds. The van der Waals surface area contributed by atoms with E-state index in [9.17, 15) is 10.2 Å². The number of aliphatic hydroxyl groups is 2. The van der Waals surface area contributed by atoms with Crippen molar-refractivity contribution in [3.05, 3.63) is 119 Å². The summed E-state index contributed by atoms with van der Waals surface area (Å²) in [4.78, 5) is 0. The van der Waals surface area contributed by atoms with Gasteiger partial charge in [-0.1, -0.05) is 92.1 Å². The fraction of sp³-hybridized carbons (Fsp3) is 0.351. The second kappa shape index (κ2) is 13.5. The minimum atomic E-state index is -0.715. The van der Waals surface area contributed by atoms with Crippen LogP contribution in [0.4, 0.5) is 0 Å². The predicted molar refractivity (Wildman–Crippen MR) is 170 cm³/mol. The third kappa shape index (κ3) is 6.18. The van der Waals surface area contributed by atoms with Crippen molar-refractivity contribution in [3.63, 3.8) is 0 Å². The van der Waals surface area contributed by atoms with Gasteiger partial charge in [-0.25, -0.2) is 0 Å². The van der Waals surface area contributed by atoms with Crippen molar-refractivity contribution in [2.24, 2.45) is 0 Å². The molecule has 0 aromatic heterocycles. The molecular formula is C37H39ClO5. The summed E-state index contributed by atoms with van der Waals surface area (Å²) in [6.07, 6.45) is 4.72. The van der Waals surface area contributed by atoms with Gasteiger partial charge in [0.25, 0.3) is 0 Å². The molecule has 2 N–H and O–H groups in total. The van der Waals surface area contributed by atoms with E-state index in [2.05, 4.69) is 72.8 Å². The second-order valence-electron chi connectivity index (χ2n) is 11.6. The van der Waals surface area contributed by atoms with Gasteiger partial charge in [0.05, 0.1) is 24.0 Å². The zero-order valence-corrected chi connectivity index (χ0v) is 25.1. The molecule has 1 fully saturated rings. The Bertz CT molecular complexity index is 1430. The van der Waals surface area contributed by atoms with E-state index in [1.54, 1.807) is 0 Å². The highest BCUT2D eigenvalue weighted by Crippen LogP contribution is 2.56. The Morgan fingerprint density at radius 2 is 1.12 bits per heavy atom. The average Bonchev–Trinajstić information content (AvgIpc) is 3.37. The lowest BCUT2D eigenvalue weighted by Crippen LogP contribution is -2.29. The fourth-order valence-corrected chi connectivity index (χ4v) is 6.67. The number of fused-ring (bicyclic) bond motifs is 3. The Labute approximate surface area is 259 Å². The molecule has 6 heteroatoms. The maximum Gasteiger partial charge on any atom is 0.119 e.